The van der Waals surface area contributed by atoms with Crippen LogP contribution in [0.2, 0.25) is 0 Å². The van der Waals surface area contributed by atoms with Gasteiger partial charge >= 0.3 is 0 Å². The molecule has 0 unspecified atom stereocenters. The molecule has 0 aliphatic carbocycles. The Morgan fingerprint density at radius 2 is 1.59 bits per heavy atom. The van der Waals surface area contributed by atoms with Gasteiger partial charge in [0, 0.05) is 5.69 Å². The van der Waals surface area contributed by atoms with E-state index in [1.54, 1.807) is 4.90 Å². The number of hydrogen-bond acceptors (Lipinski definition) is 2. The van der Waals surface area contributed by atoms with Crippen molar-refractivity contribution in [2.45, 2.75) is 26.8 Å². The molecule has 0 aliphatic rings. The zero-order valence-corrected chi connectivity index (χ0v) is 17.6. The van der Waals surface area contributed by atoms with Gasteiger partial charge < -0.3 is 9.64 Å². The molecule has 0 radical (unpaired) electrons. The summed E-state index contributed by atoms with van der Waals surface area (Å²) in [7, 11) is 0. The van der Waals surface area contributed by atoms with E-state index in [0.717, 1.165) is 34.7 Å². The molecule has 1 amide bonds. The maximum atomic E-state index is 12.7. The van der Waals surface area contributed by atoms with Crippen molar-refractivity contribution in [2.75, 3.05) is 10.8 Å². The minimum atomic E-state index is -0.114. The molecule has 4 heteroatoms. The number of benzene rings is 3. The smallest absolute Gasteiger partial charge is 0.242 e. The van der Waals surface area contributed by atoms with Gasteiger partial charge in [0.2, 0.25) is 5.91 Å². The van der Waals surface area contributed by atoms with Crippen LogP contribution < -0.4 is 9.64 Å². The monoisotopic (exact) mass is 407 g/mol. The third-order valence-electron chi connectivity index (χ3n) is 4.55. The Balaban J connectivity index is 1.96. The van der Waals surface area contributed by atoms with Crippen LogP contribution in [0.25, 0.3) is 0 Å². The Kier molecular flexibility index (Phi) is 7.31. The summed E-state index contributed by atoms with van der Waals surface area (Å²) >= 11 is 5.94. The molecule has 0 N–H and O–H groups in total. The Bertz CT molecular complexity index is 926. The highest BCUT2D eigenvalue weighted by atomic mass is 35.5. The Morgan fingerprint density at radius 3 is 2.21 bits per heavy atom. The van der Waals surface area contributed by atoms with E-state index >= 15 is 0 Å². The van der Waals surface area contributed by atoms with E-state index in [1.165, 1.54) is 0 Å². The number of ether oxygens (including phenoxy) is 1. The Hall–Kier alpha value is -2.78. The summed E-state index contributed by atoms with van der Waals surface area (Å²) in [4.78, 5) is 14.5. The molecule has 3 aromatic carbocycles. The lowest BCUT2D eigenvalue weighted by molar-refractivity contribution is -0.116. The first-order valence-electron chi connectivity index (χ1n) is 9.83. The van der Waals surface area contributed by atoms with Crippen LogP contribution >= 0.6 is 11.6 Å². The molecule has 29 heavy (non-hydrogen) atoms. The highest BCUT2D eigenvalue weighted by Crippen LogP contribution is 2.31. The zero-order valence-electron chi connectivity index (χ0n) is 16.8. The first-order chi connectivity index (χ1) is 14.1. The number of rotatable bonds is 8. The van der Waals surface area contributed by atoms with Crippen molar-refractivity contribution in [1.82, 2.24) is 0 Å². The Labute approximate surface area is 177 Å². The fourth-order valence-electron chi connectivity index (χ4n) is 3.26. The van der Waals surface area contributed by atoms with E-state index in [-0.39, 0.29) is 11.8 Å². The molecule has 0 heterocycles. The zero-order chi connectivity index (χ0) is 20.6. The van der Waals surface area contributed by atoms with Crippen molar-refractivity contribution in [2.24, 2.45) is 5.92 Å². The van der Waals surface area contributed by atoms with Crippen LogP contribution in [0.4, 0.5) is 5.69 Å². The van der Waals surface area contributed by atoms with E-state index < -0.39 is 0 Å². The minimum absolute atomic E-state index is 0.0593. The maximum absolute atomic E-state index is 12.7. The van der Waals surface area contributed by atoms with Crippen molar-refractivity contribution in [1.29, 1.82) is 0 Å². The van der Waals surface area contributed by atoms with Gasteiger partial charge in [-0.25, -0.2) is 0 Å². The number of carbonyl (C=O) groups excluding carboxylic acids is 1. The lowest BCUT2D eigenvalue weighted by atomic mass is 9.99. The average molecular weight is 408 g/mol. The summed E-state index contributed by atoms with van der Waals surface area (Å²) in [5.74, 6) is 1.81. The molecule has 3 rings (SSSR count). The normalized spacial score (nSPS) is 10.8. The van der Waals surface area contributed by atoms with Gasteiger partial charge in [-0.1, -0.05) is 62.4 Å². The third-order valence-corrected chi connectivity index (χ3v) is 4.78. The first kappa shape index (κ1) is 20.9. The number of para-hydroxylation sites is 1. The van der Waals surface area contributed by atoms with E-state index in [0.29, 0.717) is 12.5 Å². The van der Waals surface area contributed by atoms with E-state index in [1.807, 2.05) is 78.9 Å². The molecule has 3 aromatic rings. The van der Waals surface area contributed by atoms with Gasteiger partial charge in [-0.2, -0.15) is 0 Å². The van der Waals surface area contributed by atoms with Crippen LogP contribution in [0.3, 0.4) is 0 Å². The lowest BCUT2D eigenvalue weighted by Gasteiger charge is -2.26. The molecule has 0 aromatic heterocycles. The van der Waals surface area contributed by atoms with Crippen LogP contribution in [-0.2, 0) is 17.8 Å². The minimum Gasteiger partial charge on any atom is -0.457 e. The lowest BCUT2D eigenvalue weighted by Crippen LogP contribution is -2.32. The molecule has 0 atom stereocenters. The first-order valence-corrected chi connectivity index (χ1v) is 10.4. The van der Waals surface area contributed by atoms with E-state index in [2.05, 4.69) is 13.8 Å². The number of halogens is 1. The van der Waals surface area contributed by atoms with Crippen molar-refractivity contribution < 1.29 is 9.53 Å². The average Bonchev–Trinajstić information content (AvgIpc) is 2.73. The number of carbonyl (C=O) groups is 1. The number of nitrogens with zero attached hydrogens (tertiary/aromatic N) is 1. The quantitative estimate of drug-likeness (QED) is 0.401. The highest BCUT2D eigenvalue weighted by Gasteiger charge is 2.20. The summed E-state index contributed by atoms with van der Waals surface area (Å²) in [6.45, 7) is 4.81. The van der Waals surface area contributed by atoms with Crippen LogP contribution in [-0.4, -0.2) is 11.8 Å². The van der Waals surface area contributed by atoms with Crippen LogP contribution in [0.5, 0.6) is 11.5 Å². The standard InChI is InChI=1S/C25H26ClNO2/c1-19(2)15-21-16-23(29-22-11-7-4-8-12-22)13-14-24(21)27(25(28)17-26)18-20-9-5-3-6-10-20/h3-14,16,19H,15,17-18H2,1-2H3. The summed E-state index contributed by atoms with van der Waals surface area (Å²) in [5, 5.41) is 0. The molecule has 0 aliphatic heterocycles. The van der Waals surface area contributed by atoms with E-state index in [4.69, 9.17) is 16.3 Å². The molecule has 0 fully saturated rings. The molecular weight excluding hydrogens is 382 g/mol. The van der Waals surface area contributed by atoms with Crippen LogP contribution in [0, 0.1) is 5.92 Å². The van der Waals surface area contributed by atoms with Gasteiger partial charge in [0.25, 0.3) is 0 Å². The van der Waals surface area contributed by atoms with E-state index in [9.17, 15) is 4.79 Å². The predicted octanol–water partition coefficient (Wildman–Crippen LogP) is 6.45. The van der Waals surface area contributed by atoms with Gasteiger partial charge in [0.1, 0.15) is 17.4 Å². The Morgan fingerprint density at radius 1 is 0.931 bits per heavy atom. The second-order valence-corrected chi connectivity index (χ2v) is 7.67. The maximum Gasteiger partial charge on any atom is 0.242 e. The van der Waals surface area contributed by atoms with Crippen molar-refractivity contribution >= 4 is 23.2 Å². The third kappa shape index (κ3) is 5.85. The van der Waals surface area contributed by atoms with Gasteiger partial charge in [-0.3, -0.25) is 4.79 Å². The van der Waals surface area contributed by atoms with Gasteiger partial charge in [0.05, 0.1) is 6.54 Å². The van der Waals surface area contributed by atoms with Gasteiger partial charge in [-0.15, -0.1) is 11.6 Å². The number of alkyl halides is 1. The molecule has 0 saturated carbocycles. The summed E-state index contributed by atoms with van der Waals surface area (Å²) in [6.07, 6.45) is 0.835. The predicted molar refractivity (Wildman–Crippen MR) is 120 cm³/mol. The second kappa shape index (κ2) is 10.1. The molecule has 3 nitrogen and oxygen atoms in total. The van der Waals surface area contributed by atoms with Crippen molar-refractivity contribution in [3.05, 3.63) is 90.0 Å². The summed E-state index contributed by atoms with van der Waals surface area (Å²) in [6, 6.07) is 25.6. The van der Waals surface area contributed by atoms with Crippen molar-refractivity contribution in [3.63, 3.8) is 0 Å². The summed E-state index contributed by atoms with van der Waals surface area (Å²) in [5.41, 5.74) is 3.02. The van der Waals surface area contributed by atoms with Crippen molar-refractivity contribution in [3.8, 4) is 11.5 Å². The van der Waals surface area contributed by atoms with Gasteiger partial charge in [-0.05, 0) is 53.8 Å². The van der Waals surface area contributed by atoms with Crippen LogP contribution in [0.15, 0.2) is 78.9 Å². The molecule has 0 saturated heterocycles. The summed E-state index contributed by atoms with van der Waals surface area (Å²) < 4.78 is 6.01. The number of amides is 1. The molecule has 0 spiro atoms. The fourth-order valence-corrected chi connectivity index (χ4v) is 3.41. The largest absolute Gasteiger partial charge is 0.457 e. The highest BCUT2D eigenvalue weighted by molar-refractivity contribution is 6.29. The molecule has 150 valence electrons. The number of hydrogen-bond donors (Lipinski definition) is 0. The number of anilines is 1. The molecular formula is C25H26ClNO2. The van der Waals surface area contributed by atoms with Gasteiger partial charge in [0.15, 0.2) is 0 Å². The second-order valence-electron chi connectivity index (χ2n) is 7.40. The van der Waals surface area contributed by atoms with Crippen LogP contribution in [0.1, 0.15) is 25.0 Å². The SMILES string of the molecule is CC(C)Cc1cc(Oc2ccccc2)ccc1N(Cc1ccccc1)C(=O)CCl. The topological polar surface area (TPSA) is 29.5 Å². The molecule has 0 bridgehead atoms. The fraction of sp³-hybridized carbons (Fsp3) is 0.240.